The van der Waals surface area contributed by atoms with Gasteiger partial charge >= 0.3 is 5.97 Å². The Balaban J connectivity index is 2.39. The first-order valence-corrected chi connectivity index (χ1v) is 6.58. The number of carbonyl (C=O) groups is 2. The topological polar surface area (TPSA) is 84.9 Å². The van der Waals surface area contributed by atoms with Crippen molar-refractivity contribution in [3.05, 3.63) is 0 Å². The number of carbonyl (C=O) groups excluding carboxylic acids is 1. The van der Waals surface area contributed by atoms with Gasteiger partial charge in [-0.05, 0) is 19.8 Å². The van der Waals surface area contributed by atoms with Crippen LogP contribution in [0.4, 0.5) is 0 Å². The molecule has 1 unspecified atom stereocenters. The third kappa shape index (κ3) is 6.02. The SMILES string of the molecule is COCC(C)(CC(=O)O)NC(=O)COC1CCCC1. The van der Waals surface area contributed by atoms with Crippen molar-refractivity contribution in [3.63, 3.8) is 0 Å². The molecule has 0 bridgehead atoms. The monoisotopic (exact) mass is 273 g/mol. The lowest BCUT2D eigenvalue weighted by Gasteiger charge is -2.28. The highest BCUT2D eigenvalue weighted by atomic mass is 16.5. The normalized spacial score (nSPS) is 19.1. The van der Waals surface area contributed by atoms with Crippen molar-refractivity contribution in [2.24, 2.45) is 0 Å². The number of carboxylic acids is 1. The Bertz CT molecular complexity index is 314. The molecule has 0 aromatic heterocycles. The molecule has 2 N–H and O–H groups in total. The summed E-state index contributed by atoms with van der Waals surface area (Å²) in [4.78, 5) is 22.6. The molecule has 6 heteroatoms. The van der Waals surface area contributed by atoms with Gasteiger partial charge in [-0.2, -0.15) is 0 Å². The lowest BCUT2D eigenvalue weighted by Crippen LogP contribution is -2.52. The minimum atomic E-state index is -0.975. The molecule has 0 spiro atoms. The summed E-state index contributed by atoms with van der Waals surface area (Å²) in [5.74, 6) is -1.27. The second-order valence-electron chi connectivity index (χ2n) is 5.33. The molecule has 19 heavy (non-hydrogen) atoms. The molecule has 1 aliphatic carbocycles. The number of rotatable bonds is 8. The summed E-state index contributed by atoms with van der Waals surface area (Å²) in [7, 11) is 1.47. The van der Waals surface area contributed by atoms with Crippen LogP contribution < -0.4 is 5.32 Å². The molecule has 0 radical (unpaired) electrons. The van der Waals surface area contributed by atoms with Crippen LogP contribution >= 0.6 is 0 Å². The van der Waals surface area contributed by atoms with E-state index in [9.17, 15) is 9.59 Å². The molecule has 0 saturated heterocycles. The largest absolute Gasteiger partial charge is 0.481 e. The smallest absolute Gasteiger partial charge is 0.305 e. The van der Waals surface area contributed by atoms with Gasteiger partial charge in [0, 0.05) is 7.11 Å². The first kappa shape index (κ1) is 15.9. The molecule has 0 aromatic carbocycles. The summed E-state index contributed by atoms with van der Waals surface area (Å²) in [6.45, 7) is 1.77. The van der Waals surface area contributed by atoms with Gasteiger partial charge in [-0.1, -0.05) is 12.8 Å². The number of carboxylic acid groups (broad SMARTS) is 1. The van der Waals surface area contributed by atoms with E-state index in [1.807, 2.05) is 0 Å². The van der Waals surface area contributed by atoms with E-state index in [0.717, 1.165) is 25.7 Å². The average molecular weight is 273 g/mol. The van der Waals surface area contributed by atoms with E-state index in [4.69, 9.17) is 14.6 Å². The summed E-state index contributed by atoms with van der Waals surface area (Å²) in [6, 6.07) is 0. The van der Waals surface area contributed by atoms with Gasteiger partial charge in [0.25, 0.3) is 0 Å². The Kier molecular flexibility index (Phi) is 6.24. The van der Waals surface area contributed by atoms with Gasteiger partial charge < -0.3 is 19.9 Å². The molecule has 0 aromatic rings. The Morgan fingerprint density at radius 3 is 2.53 bits per heavy atom. The van der Waals surface area contributed by atoms with Crippen LogP contribution in [0.25, 0.3) is 0 Å². The Morgan fingerprint density at radius 2 is 2.00 bits per heavy atom. The van der Waals surface area contributed by atoms with Gasteiger partial charge in [0.1, 0.15) is 6.61 Å². The summed E-state index contributed by atoms with van der Waals surface area (Å²) >= 11 is 0. The summed E-state index contributed by atoms with van der Waals surface area (Å²) in [6.07, 6.45) is 4.27. The van der Waals surface area contributed by atoms with Crippen molar-refractivity contribution in [1.82, 2.24) is 5.32 Å². The number of aliphatic carboxylic acids is 1. The predicted octanol–water partition coefficient (Wildman–Crippen LogP) is 0.942. The Morgan fingerprint density at radius 1 is 1.37 bits per heavy atom. The van der Waals surface area contributed by atoms with Crippen LogP contribution in [0.2, 0.25) is 0 Å². The number of ether oxygens (including phenoxy) is 2. The summed E-state index contributed by atoms with van der Waals surface area (Å²) in [5, 5.41) is 11.5. The molecule has 6 nitrogen and oxygen atoms in total. The van der Waals surface area contributed by atoms with Gasteiger partial charge in [-0.25, -0.2) is 0 Å². The van der Waals surface area contributed by atoms with E-state index in [1.54, 1.807) is 6.92 Å². The zero-order valence-electron chi connectivity index (χ0n) is 11.6. The number of hydrogen-bond acceptors (Lipinski definition) is 4. The minimum absolute atomic E-state index is 0.0242. The molecule has 1 fully saturated rings. The molecule has 1 rings (SSSR count). The Hall–Kier alpha value is -1.14. The van der Waals surface area contributed by atoms with E-state index in [0.29, 0.717) is 0 Å². The number of methoxy groups -OCH3 is 1. The molecule has 110 valence electrons. The third-order valence-electron chi connectivity index (χ3n) is 3.20. The van der Waals surface area contributed by atoms with Crippen LogP contribution in [-0.2, 0) is 19.1 Å². The minimum Gasteiger partial charge on any atom is -0.481 e. The van der Waals surface area contributed by atoms with Crippen LogP contribution in [0.1, 0.15) is 39.0 Å². The third-order valence-corrected chi connectivity index (χ3v) is 3.20. The molecule has 1 atom stereocenters. The highest BCUT2D eigenvalue weighted by Crippen LogP contribution is 2.20. The zero-order valence-corrected chi connectivity index (χ0v) is 11.6. The van der Waals surface area contributed by atoms with Gasteiger partial charge in [-0.3, -0.25) is 9.59 Å². The van der Waals surface area contributed by atoms with Gasteiger partial charge in [-0.15, -0.1) is 0 Å². The fourth-order valence-corrected chi connectivity index (χ4v) is 2.40. The van der Waals surface area contributed by atoms with E-state index in [-0.39, 0.29) is 31.6 Å². The van der Waals surface area contributed by atoms with Gasteiger partial charge in [0.15, 0.2) is 0 Å². The van der Waals surface area contributed by atoms with Crippen molar-refractivity contribution < 1.29 is 24.2 Å². The lowest BCUT2D eigenvalue weighted by atomic mass is 9.99. The van der Waals surface area contributed by atoms with Crippen LogP contribution in [0.3, 0.4) is 0 Å². The quantitative estimate of drug-likeness (QED) is 0.687. The van der Waals surface area contributed by atoms with Crippen LogP contribution in [0, 0.1) is 0 Å². The first-order valence-electron chi connectivity index (χ1n) is 6.58. The molecular weight excluding hydrogens is 250 g/mol. The van der Waals surface area contributed by atoms with Crippen molar-refractivity contribution in [2.75, 3.05) is 20.3 Å². The first-order chi connectivity index (χ1) is 8.95. The highest BCUT2D eigenvalue weighted by molar-refractivity contribution is 5.79. The van der Waals surface area contributed by atoms with E-state index in [1.165, 1.54) is 7.11 Å². The Labute approximate surface area is 113 Å². The molecule has 1 aliphatic rings. The van der Waals surface area contributed by atoms with Crippen molar-refractivity contribution in [2.45, 2.75) is 50.7 Å². The molecule has 0 aliphatic heterocycles. The average Bonchev–Trinajstić information content (AvgIpc) is 2.77. The van der Waals surface area contributed by atoms with Crippen LogP contribution in [0.15, 0.2) is 0 Å². The van der Waals surface area contributed by atoms with Crippen LogP contribution in [-0.4, -0.2) is 48.9 Å². The molecule has 1 amide bonds. The fraction of sp³-hybridized carbons (Fsp3) is 0.846. The fourth-order valence-electron chi connectivity index (χ4n) is 2.40. The van der Waals surface area contributed by atoms with E-state index >= 15 is 0 Å². The van der Waals surface area contributed by atoms with Gasteiger partial charge in [0.05, 0.1) is 24.7 Å². The zero-order chi connectivity index (χ0) is 14.3. The van der Waals surface area contributed by atoms with Crippen molar-refractivity contribution in [3.8, 4) is 0 Å². The van der Waals surface area contributed by atoms with Crippen molar-refractivity contribution in [1.29, 1.82) is 0 Å². The van der Waals surface area contributed by atoms with Crippen LogP contribution in [0.5, 0.6) is 0 Å². The van der Waals surface area contributed by atoms with E-state index in [2.05, 4.69) is 5.32 Å². The maximum Gasteiger partial charge on any atom is 0.305 e. The predicted molar refractivity (Wildman–Crippen MR) is 68.9 cm³/mol. The second kappa shape index (κ2) is 7.45. The number of amides is 1. The van der Waals surface area contributed by atoms with Gasteiger partial charge in [0.2, 0.25) is 5.91 Å². The second-order valence-corrected chi connectivity index (χ2v) is 5.33. The molecule has 1 saturated carbocycles. The van der Waals surface area contributed by atoms with E-state index < -0.39 is 11.5 Å². The molecule has 0 heterocycles. The highest BCUT2D eigenvalue weighted by Gasteiger charge is 2.30. The van der Waals surface area contributed by atoms with Crippen molar-refractivity contribution >= 4 is 11.9 Å². The summed E-state index contributed by atoms with van der Waals surface area (Å²) < 4.78 is 10.5. The standard InChI is InChI=1S/C13H23NO5/c1-13(9-18-2,7-12(16)17)14-11(15)8-19-10-5-3-4-6-10/h10H,3-9H2,1-2H3,(H,14,15)(H,16,17). The maximum atomic E-state index is 11.8. The molecular formula is C13H23NO5. The number of hydrogen-bond donors (Lipinski definition) is 2. The maximum absolute atomic E-state index is 11.8. The summed E-state index contributed by atoms with van der Waals surface area (Å²) in [5.41, 5.74) is -0.906. The lowest BCUT2D eigenvalue weighted by molar-refractivity contribution is -0.140. The number of nitrogens with one attached hydrogen (secondary N) is 1.